The van der Waals surface area contributed by atoms with Crippen LogP contribution >= 0.6 is 0 Å². The lowest BCUT2D eigenvalue weighted by molar-refractivity contribution is 0.0973. The largest absolute Gasteiger partial charge is 0.456 e. The summed E-state index contributed by atoms with van der Waals surface area (Å²) in [5.41, 5.74) is 22.9. The Hall–Kier alpha value is -13.0. The number of hydrogen-bond donors (Lipinski definition) is 0. The Labute approximate surface area is 834 Å². The van der Waals surface area contributed by atoms with Crippen LogP contribution in [0.2, 0.25) is 0 Å². The highest BCUT2D eigenvalue weighted by Crippen LogP contribution is 2.59. The van der Waals surface area contributed by atoms with Gasteiger partial charge in [0.05, 0.1) is 0 Å². The van der Waals surface area contributed by atoms with Gasteiger partial charge >= 0.3 is 0 Å². The van der Waals surface area contributed by atoms with Crippen LogP contribution in [0.1, 0.15) is 397 Å². The first-order valence-corrected chi connectivity index (χ1v) is 53.3. The third-order valence-electron chi connectivity index (χ3n) is 29.1. The molecule has 0 atom stereocenters. The molecule has 0 N–H and O–H groups in total. The maximum atomic E-state index is 7.61. The molecule has 1 aliphatic carbocycles. The zero-order chi connectivity index (χ0) is 95.5. The SMILES string of the molecule is CCCCCCCCCCCC1c2cc3c4c(C#Cc5ccc(-c6ccncc6)cc5)c2OCOc2c1cc1c(c2C#Cc2ccc(-c5ccncc5)cc2)OCOc2c(cc5c(c2C#Cc2ccc(-c6ccncc6)cc2)OCOc2c(cc(c(c2C#Cc2ccc(-c6ccncc6)cc2)OCO4)C3CCCCCCCCCCC)C5CCCCCCCCCCC)C1CCCCCCCCCCC. The van der Waals surface area contributed by atoms with Crippen molar-refractivity contribution in [2.24, 2.45) is 0 Å². The average Bonchev–Trinajstić information content (AvgIpc) is 0.716. The van der Waals surface area contributed by atoms with E-state index in [4.69, 9.17) is 37.9 Å². The monoisotopic (exact) mass is 1860 g/mol. The molecule has 0 unspecified atom stereocenters. The Morgan fingerprint density at radius 2 is 0.336 bits per heavy atom. The Morgan fingerprint density at radius 3 is 0.500 bits per heavy atom. The van der Waals surface area contributed by atoms with Gasteiger partial charge in [-0.2, -0.15) is 0 Å². The molecular weight excluding hydrogens is 1720 g/mol. The van der Waals surface area contributed by atoms with Crippen LogP contribution in [0.5, 0.6) is 46.0 Å². The number of nitrogens with zero attached hydrogens (tertiary/aromatic N) is 4. The standard InChI is InChI=1S/C128H140N4O8/c1-5-9-13-17-21-25-29-33-37-41-105-113-85-115-106(42-38-34-30-26-22-18-14-10-6-2)117-87-119-108(44-40-36-32-28-24-20-16-12-8-4)120-88-118-107(43-39-35-31-27-23-19-15-11-7-3)116-86-114(105)122-110(66-54-94-47-59-98(60-48-94)102-71-79-130-80-72-102)124(116)136-91-138-126(118)112(68-56-96-51-63-100(64-52-96)104-75-83-132-84-76-104)128(120)140-92-139-127(119)111(67-55-95-49-61-99(62-50-95)103-73-81-131-82-74-103)125(117)137-90-135-123(115)109(121(113)133-89-134-122)65-53-93-45-57-97(58-46-93)101-69-77-129-78-70-101/h45-52,57-64,69-88,105-108H,5-44,89-92H2,1-4H3. The van der Waals surface area contributed by atoms with E-state index in [1.807, 2.05) is 49.6 Å². The number of ether oxygens (including phenoxy) is 8. The molecular formula is C128H140N4O8. The lowest BCUT2D eigenvalue weighted by Gasteiger charge is -2.36. The van der Waals surface area contributed by atoms with E-state index in [0.717, 1.165) is 214 Å². The predicted molar refractivity (Wildman–Crippen MR) is 568 cm³/mol. The molecule has 720 valence electrons. The first-order chi connectivity index (χ1) is 69.4. The van der Waals surface area contributed by atoms with E-state index in [2.05, 4.69) is 265 Å². The van der Waals surface area contributed by atoms with Crippen molar-refractivity contribution in [3.63, 3.8) is 0 Å². The number of rotatable bonds is 44. The minimum Gasteiger partial charge on any atom is -0.456 e. The molecule has 0 fully saturated rings. The molecule has 12 heteroatoms. The van der Waals surface area contributed by atoms with Gasteiger partial charge in [-0.25, -0.2) is 0 Å². The molecule has 0 amide bonds. The second-order valence-corrected chi connectivity index (χ2v) is 38.9. The fourth-order valence-electron chi connectivity index (χ4n) is 21.4. The summed E-state index contributed by atoms with van der Waals surface area (Å²) in [6.45, 7) is 8.49. The quantitative estimate of drug-likeness (QED) is 0.0267. The summed E-state index contributed by atoms with van der Waals surface area (Å²) >= 11 is 0. The number of aromatic nitrogens is 4. The molecule has 8 heterocycles. The maximum Gasteiger partial charge on any atom is 0.231 e. The lowest BCUT2D eigenvalue weighted by atomic mass is 9.74. The summed E-state index contributed by atoms with van der Waals surface area (Å²) in [6.07, 6.45) is 59.8. The van der Waals surface area contributed by atoms with Gasteiger partial charge in [0.2, 0.25) is 27.2 Å². The number of unbranched alkanes of at least 4 members (excludes halogenated alkanes) is 32. The molecule has 0 saturated carbocycles. The van der Waals surface area contributed by atoms with Crippen molar-refractivity contribution < 1.29 is 37.9 Å². The highest BCUT2D eigenvalue weighted by atomic mass is 16.7. The van der Waals surface area contributed by atoms with Crippen molar-refractivity contribution in [1.82, 2.24) is 19.9 Å². The van der Waals surface area contributed by atoms with Crippen molar-refractivity contribution in [3.05, 3.63) is 308 Å². The summed E-state index contributed by atoms with van der Waals surface area (Å²) in [7, 11) is 0. The first kappa shape index (κ1) is 98.6. The first-order valence-electron chi connectivity index (χ1n) is 53.3. The van der Waals surface area contributed by atoms with Crippen molar-refractivity contribution in [3.8, 4) is 138 Å². The Balaban J connectivity index is 0.969. The fourth-order valence-corrected chi connectivity index (χ4v) is 21.4. The molecule has 4 aliphatic heterocycles. The van der Waals surface area contributed by atoms with Crippen LogP contribution in [0, 0.1) is 47.4 Å². The van der Waals surface area contributed by atoms with E-state index >= 15 is 0 Å². The molecule has 17 rings (SSSR count). The van der Waals surface area contributed by atoms with Gasteiger partial charge in [-0.15, -0.1) is 0 Å². The smallest absolute Gasteiger partial charge is 0.231 e. The third kappa shape index (κ3) is 25.4. The molecule has 12 aromatic rings. The van der Waals surface area contributed by atoms with Crippen molar-refractivity contribution in [2.45, 2.75) is 308 Å². The zero-order valence-electron chi connectivity index (χ0n) is 83.3. The van der Waals surface area contributed by atoms with E-state index < -0.39 is 0 Å². The summed E-state index contributed by atoms with van der Waals surface area (Å²) in [4.78, 5) is 17.5. The van der Waals surface area contributed by atoms with Crippen LogP contribution in [-0.2, 0) is 0 Å². The molecule has 0 saturated heterocycles. The predicted octanol–water partition coefficient (Wildman–Crippen LogP) is 33.0. The molecule has 140 heavy (non-hydrogen) atoms. The second-order valence-electron chi connectivity index (χ2n) is 38.9. The van der Waals surface area contributed by atoms with Crippen LogP contribution in [0.25, 0.3) is 44.5 Å². The van der Waals surface area contributed by atoms with Crippen LogP contribution in [0.15, 0.2) is 219 Å². The van der Waals surface area contributed by atoms with Gasteiger partial charge in [-0.1, -0.05) is 355 Å². The average molecular weight is 1860 g/mol. The van der Waals surface area contributed by atoms with Crippen LogP contribution in [-0.4, -0.2) is 47.1 Å². The number of benzene rings is 8. The zero-order valence-corrected chi connectivity index (χ0v) is 83.3. The molecule has 12 nitrogen and oxygen atoms in total. The highest BCUT2D eigenvalue weighted by molar-refractivity contribution is 5.77. The minimum absolute atomic E-state index is 0.184. The molecule has 8 aromatic carbocycles. The summed E-state index contributed by atoms with van der Waals surface area (Å²) in [5, 5.41) is 0. The molecule has 4 aromatic heterocycles. The fraction of sp³-hybridized carbons (Fsp3) is 0.406. The van der Waals surface area contributed by atoms with E-state index in [1.54, 1.807) is 0 Å². The van der Waals surface area contributed by atoms with Crippen molar-refractivity contribution in [2.75, 3.05) is 27.2 Å². The minimum atomic E-state index is -0.362. The van der Waals surface area contributed by atoms with Gasteiger partial charge in [0, 0.05) is 140 Å². The van der Waals surface area contributed by atoms with E-state index in [9.17, 15) is 0 Å². The maximum absolute atomic E-state index is 7.61. The van der Waals surface area contributed by atoms with E-state index in [1.165, 1.54) is 154 Å². The molecule has 0 spiro atoms. The van der Waals surface area contributed by atoms with Crippen molar-refractivity contribution >= 4 is 0 Å². The summed E-state index contributed by atoms with van der Waals surface area (Å²) in [5.74, 6) is 34.5. The van der Waals surface area contributed by atoms with Gasteiger partial charge in [0.25, 0.3) is 0 Å². The third-order valence-corrected chi connectivity index (χ3v) is 29.1. The molecule has 5 aliphatic rings. The lowest BCUT2D eigenvalue weighted by Crippen LogP contribution is -2.25. The van der Waals surface area contributed by atoms with E-state index in [0.29, 0.717) is 68.2 Å². The summed E-state index contributed by atoms with van der Waals surface area (Å²) in [6, 6.07) is 60.7. The normalized spacial score (nSPS) is 14.8. The Bertz CT molecular complexity index is 5400. The van der Waals surface area contributed by atoms with Crippen LogP contribution < -0.4 is 37.9 Å². The number of pyridine rings is 4. The topological polar surface area (TPSA) is 125 Å². The van der Waals surface area contributed by atoms with Crippen LogP contribution in [0.3, 0.4) is 0 Å². The highest BCUT2D eigenvalue weighted by Gasteiger charge is 2.42. The molecule has 0 radical (unpaired) electrons. The Kier molecular flexibility index (Phi) is 36.5. The van der Waals surface area contributed by atoms with Gasteiger partial charge in [0.1, 0.15) is 68.2 Å². The van der Waals surface area contributed by atoms with Crippen LogP contribution in [0.4, 0.5) is 0 Å². The van der Waals surface area contributed by atoms with Gasteiger partial charge in [0.15, 0.2) is 0 Å². The molecule has 8 bridgehead atoms. The van der Waals surface area contributed by atoms with E-state index in [-0.39, 0.29) is 50.8 Å². The Morgan fingerprint density at radius 1 is 0.186 bits per heavy atom. The van der Waals surface area contributed by atoms with Gasteiger partial charge < -0.3 is 37.9 Å². The number of hydrogen-bond acceptors (Lipinski definition) is 12. The van der Waals surface area contributed by atoms with Gasteiger partial charge in [-0.3, -0.25) is 19.9 Å². The van der Waals surface area contributed by atoms with Crippen molar-refractivity contribution in [1.29, 1.82) is 0 Å². The van der Waals surface area contributed by atoms with Gasteiger partial charge in [-0.05, 0) is 192 Å². The second kappa shape index (κ2) is 51.8. The summed E-state index contributed by atoms with van der Waals surface area (Å²) < 4.78 is 60.9.